The van der Waals surface area contributed by atoms with Crippen molar-refractivity contribution in [2.75, 3.05) is 5.32 Å². The summed E-state index contributed by atoms with van der Waals surface area (Å²) in [7, 11) is 0. The van der Waals surface area contributed by atoms with E-state index in [0.29, 0.717) is 0 Å². The van der Waals surface area contributed by atoms with Gasteiger partial charge in [-0.25, -0.2) is 4.98 Å². The predicted molar refractivity (Wildman–Crippen MR) is 103 cm³/mol. The van der Waals surface area contributed by atoms with Gasteiger partial charge in [0.15, 0.2) is 5.65 Å². The zero-order chi connectivity index (χ0) is 18.2. The topological polar surface area (TPSA) is 87.7 Å². The van der Waals surface area contributed by atoms with E-state index in [9.17, 15) is 0 Å². The zero-order valence-corrected chi connectivity index (χ0v) is 14.4. The van der Waals surface area contributed by atoms with Gasteiger partial charge in [0.05, 0.1) is 11.9 Å². The van der Waals surface area contributed by atoms with Crippen molar-refractivity contribution in [1.82, 2.24) is 19.4 Å². The van der Waals surface area contributed by atoms with E-state index in [4.69, 9.17) is 10.2 Å². The third-order valence-corrected chi connectivity index (χ3v) is 4.80. The molecule has 0 saturated heterocycles. The Bertz CT molecular complexity index is 1170. The number of hydrogen-bond donors (Lipinski definition) is 2. The largest absolute Gasteiger partial charge is 0.411 e. The third-order valence-electron chi connectivity index (χ3n) is 4.80. The van der Waals surface area contributed by atoms with Crippen molar-refractivity contribution in [2.45, 2.75) is 12.8 Å². The lowest BCUT2D eigenvalue weighted by molar-refractivity contribution is 0.318. The van der Waals surface area contributed by atoms with E-state index in [1.165, 1.54) is 5.56 Å². The lowest BCUT2D eigenvalue weighted by atomic mass is 10.1. The van der Waals surface area contributed by atoms with Crippen molar-refractivity contribution in [2.24, 2.45) is 5.16 Å². The van der Waals surface area contributed by atoms with E-state index in [0.717, 1.165) is 52.5 Å². The first-order chi connectivity index (χ1) is 13.3. The van der Waals surface area contributed by atoms with Crippen LogP contribution in [0.15, 0.2) is 66.5 Å². The molecule has 4 aromatic rings. The molecule has 0 aliphatic heterocycles. The number of benzene rings is 1. The van der Waals surface area contributed by atoms with Crippen LogP contribution in [0, 0.1) is 0 Å². The quantitative estimate of drug-likeness (QED) is 0.432. The van der Waals surface area contributed by atoms with E-state index >= 15 is 0 Å². The smallest absolute Gasteiger partial charge is 0.157 e. The minimum Gasteiger partial charge on any atom is -0.411 e. The molecule has 1 aliphatic rings. The van der Waals surface area contributed by atoms with E-state index in [1.807, 2.05) is 34.9 Å². The van der Waals surface area contributed by atoms with Gasteiger partial charge in [-0.3, -0.25) is 14.4 Å². The Labute approximate surface area is 155 Å². The molecule has 132 valence electrons. The maximum Gasteiger partial charge on any atom is 0.157 e. The predicted octanol–water partition coefficient (Wildman–Crippen LogP) is 3.66. The van der Waals surface area contributed by atoms with E-state index in [2.05, 4.69) is 26.5 Å². The highest BCUT2D eigenvalue weighted by molar-refractivity contribution is 6.04. The van der Waals surface area contributed by atoms with Gasteiger partial charge in [-0.05, 0) is 42.7 Å². The van der Waals surface area contributed by atoms with Gasteiger partial charge in [0.1, 0.15) is 11.5 Å². The fourth-order valence-corrected chi connectivity index (χ4v) is 3.52. The number of aromatic nitrogens is 4. The number of imidazole rings is 1. The standard InChI is InChI=1S/C20H16N6O/c27-25-17-6-3-13-10-15(4-5-16(13)17)23-20-19(14-2-1-7-21-11-14)24-18-12-22-8-9-26(18)20/h1-2,4-5,7-12,23,27H,3,6H2/b25-17-. The molecule has 0 amide bonds. The van der Waals surface area contributed by atoms with Crippen molar-refractivity contribution < 1.29 is 5.21 Å². The van der Waals surface area contributed by atoms with Crippen molar-refractivity contribution >= 4 is 22.9 Å². The zero-order valence-electron chi connectivity index (χ0n) is 14.4. The third kappa shape index (κ3) is 2.60. The van der Waals surface area contributed by atoms with Gasteiger partial charge in [-0.2, -0.15) is 0 Å². The van der Waals surface area contributed by atoms with Crippen LogP contribution < -0.4 is 5.32 Å². The van der Waals surface area contributed by atoms with Crippen LogP contribution in [0.4, 0.5) is 11.5 Å². The molecule has 2 N–H and O–H groups in total. The molecule has 3 heterocycles. The number of aryl methyl sites for hydroxylation is 1. The minimum atomic E-state index is 0.744. The second-order valence-electron chi connectivity index (χ2n) is 6.40. The summed E-state index contributed by atoms with van der Waals surface area (Å²) in [6, 6.07) is 9.96. The minimum absolute atomic E-state index is 0.744. The molecule has 0 radical (unpaired) electrons. The average molecular weight is 356 g/mol. The Balaban J connectivity index is 1.61. The fraction of sp³-hybridized carbons (Fsp3) is 0.100. The highest BCUT2D eigenvalue weighted by Gasteiger charge is 2.20. The number of oxime groups is 1. The monoisotopic (exact) mass is 356 g/mol. The molecule has 1 aromatic carbocycles. The molecule has 0 saturated carbocycles. The van der Waals surface area contributed by atoms with Gasteiger partial charge in [-0.15, -0.1) is 0 Å². The fourth-order valence-electron chi connectivity index (χ4n) is 3.52. The summed E-state index contributed by atoms with van der Waals surface area (Å²) in [5.74, 6) is 0.856. The Kier molecular flexibility index (Phi) is 3.57. The summed E-state index contributed by atoms with van der Waals surface area (Å²) in [6.45, 7) is 0. The van der Waals surface area contributed by atoms with Crippen LogP contribution in [-0.2, 0) is 6.42 Å². The first-order valence-corrected chi connectivity index (χ1v) is 8.67. The number of anilines is 2. The summed E-state index contributed by atoms with van der Waals surface area (Å²) in [5, 5.41) is 16.0. The number of hydrogen-bond acceptors (Lipinski definition) is 6. The van der Waals surface area contributed by atoms with Crippen molar-refractivity contribution in [3.8, 4) is 11.3 Å². The average Bonchev–Trinajstić information content (AvgIpc) is 3.30. The molecule has 0 spiro atoms. The summed E-state index contributed by atoms with van der Waals surface area (Å²) in [5.41, 5.74) is 6.39. The number of fused-ring (bicyclic) bond motifs is 2. The van der Waals surface area contributed by atoms with Gasteiger partial charge >= 0.3 is 0 Å². The van der Waals surface area contributed by atoms with Gasteiger partial charge in [0.2, 0.25) is 0 Å². The highest BCUT2D eigenvalue weighted by Crippen LogP contribution is 2.32. The van der Waals surface area contributed by atoms with Crippen LogP contribution in [0.5, 0.6) is 0 Å². The molecule has 5 rings (SSSR count). The van der Waals surface area contributed by atoms with Crippen LogP contribution in [0.1, 0.15) is 17.5 Å². The Hall–Kier alpha value is -3.74. The summed E-state index contributed by atoms with van der Waals surface area (Å²) in [6.07, 6.45) is 10.5. The number of nitrogens with one attached hydrogen (secondary N) is 1. The Morgan fingerprint density at radius 2 is 2.00 bits per heavy atom. The molecule has 0 unspecified atom stereocenters. The van der Waals surface area contributed by atoms with Gasteiger partial charge in [0.25, 0.3) is 0 Å². The lowest BCUT2D eigenvalue weighted by Gasteiger charge is -2.10. The van der Waals surface area contributed by atoms with Gasteiger partial charge in [0, 0.05) is 41.6 Å². The molecule has 0 bridgehead atoms. The molecule has 27 heavy (non-hydrogen) atoms. The molecule has 0 atom stereocenters. The first kappa shape index (κ1) is 15.5. The van der Waals surface area contributed by atoms with Crippen LogP contribution in [0.2, 0.25) is 0 Å². The molecular formula is C20H16N6O. The molecule has 7 nitrogen and oxygen atoms in total. The van der Waals surface area contributed by atoms with Gasteiger partial charge in [-0.1, -0.05) is 11.2 Å². The van der Waals surface area contributed by atoms with Crippen molar-refractivity contribution in [1.29, 1.82) is 0 Å². The molecule has 3 aromatic heterocycles. The van der Waals surface area contributed by atoms with Crippen LogP contribution in [0.3, 0.4) is 0 Å². The molecular weight excluding hydrogens is 340 g/mol. The van der Waals surface area contributed by atoms with E-state index < -0.39 is 0 Å². The second kappa shape index (κ2) is 6.21. The molecule has 1 aliphatic carbocycles. The summed E-state index contributed by atoms with van der Waals surface area (Å²) in [4.78, 5) is 13.1. The SMILES string of the molecule is O/N=C1/CCc2cc(Nc3c(-c4cccnc4)nc4cnccn34)ccc21. The summed E-state index contributed by atoms with van der Waals surface area (Å²) < 4.78 is 1.98. The second-order valence-corrected chi connectivity index (χ2v) is 6.40. The number of pyridine rings is 1. The van der Waals surface area contributed by atoms with Crippen molar-refractivity contribution in [3.63, 3.8) is 0 Å². The highest BCUT2D eigenvalue weighted by atomic mass is 16.4. The molecule has 0 fully saturated rings. The Morgan fingerprint density at radius 3 is 2.85 bits per heavy atom. The van der Waals surface area contributed by atoms with Crippen LogP contribution >= 0.6 is 0 Å². The van der Waals surface area contributed by atoms with E-state index in [1.54, 1.807) is 24.8 Å². The first-order valence-electron chi connectivity index (χ1n) is 8.67. The summed E-state index contributed by atoms with van der Waals surface area (Å²) >= 11 is 0. The van der Waals surface area contributed by atoms with Crippen LogP contribution in [0.25, 0.3) is 16.9 Å². The normalized spacial score (nSPS) is 14.6. The molecule has 7 heteroatoms. The van der Waals surface area contributed by atoms with Crippen LogP contribution in [-0.4, -0.2) is 30.3 Å². The number of nitrogens with zero attached hydrogens (tertiary/aromatic N) is 5. The maximum atomic E-state index is 9.12. The van der Waals surface area contributed by atoms with Crippen molar-refractivity contribution in [3.05, 3.63) is 72.4 Å². The maximum absolute atomic E-state index is 9.12. The Morgan fingerprint density at radius 1 is 1.07 bits per heavy atom. The van der Waals surface area contributed by atoms with E-state index in [-0.39, 0.29) is 0 Å². The number of rotatable bonds is 3. The lowest BCUT2D eigenvalue weighted by Crippen LogP contribution is -1.99. The van der Waals surface area contributed by atoms with Gasteiger partial charge < -0.3 is 10.5 Å².